The van der Waals surface area contributed by atoms with Crippen molar-refractivity contribution in [1.82, 2.24) is 9.97 Å². The van der Waals surface area contributed by atoms with Gasteiger partial charge in [0.05, 0.1) is 16.7 Å². The molecular formula is C7H6N3O2S-. The number of nitrogens with zero attached hydrogens (tertiary/aromatic N) is 1. The lowest BCUT2D eigenvalue weighted by Crippen LogP contribution is -2.06. The Morgan fingerprint density at radius 2 is 2.00 bits per heavy atom. The van der Waals surface area contributed by atoms with Gasteiger partial charge in [0.2, 0.25) is 0 Å². The second kappa shape index (κ2) is 2.84. The Labute approximate surface area is 78.2 Å². The first-order chi connectivity index (χ1) is 6.16. The van der Waals surface area contributed by atoms with Crippen LogP contribution in [0.5, 0.6) is 0 Å². The van der Waals surface area contributed by atoms with Crippen LogP contribution in [0.1, 0.15) is 0 Å². The summed E-state index contributed by atoms with van der Waals surface area (Å²) in [5.74, 6) is 0. The Morgan fingerprint density at radius 3 is 2.69 bits per heavy atom. The van der Waals surface area contributed by atoms with Crippen LogP contribution in [-0.4, -0.2) is 15.2 Å². The van der Waals surface area contributed by atoms with E-state index in [4.69, 9.17) is 17.4 Å². The topological polar surface area (TPSA) is 78.1 Å². The number of anilines is 1. The zero-order valence-electron chi connectivity index (χ0n) is 6.44. The zero-order valence-corrected chi connectivity index (χ0v) is 7.26. The molecule has 0 aliphatic rings. The van der Waals surface area contributed by atoms with Crippen LogP contribution in [0, 0.1) is 9.98 Å². The quantitative estimate of drug-likeness (QED) is 0.481. The standard InChI is InChI=1S/C7H6N3O2S/c11-10(12)4-1-2-5-6(3-4)9-7(13)8-5/h1-3,11H,(H2,8,9,13)/q-1. The highest BCUT2D eigenvalue weighted by Crippen LogP contribution is 2.17. The predicted molar refractivity (Wildman–Crippen MR) is 51.1 cm³/mol. The van der Waals surface area contributed by atoms with E-state index in [1.54, 1.807) is 6.07 Å². The van der Waals surface area contributed by atoms with Crippen LogP contribution in [0.15, 0.2) is 18.2 Å². The average Bonchev–Trinajstić information content (AvgIpc) is 2.42. The van der Waals surface area contributed by atoms with Gasteiger partial charge >= 0.3 is 0 Å². The third-order valence-corrected chi connectivity index (χ3v) is 1.92. The lowest BCUT2D eigenvalue weighted by Gasteiger charge is -2.21. The van der Waals surface area contributed by atoms with Crippen LogP contribution < -0.4 is 5.23 Å². The second-order valence-electron chi connectivity index (χ2n) is 2.58. The molecule has 0 aliphatic carbocycles. The summed E-state index contributed by atoms with van der Waals surface area (Å²) in [7, 11) is 0. The molecule has 0 unspecified atom stereocenters. The van der Waals surface area contributed by atoms with Gasteiger partial charge in [0.15, 0.2) is 4.77 Å². The minimum atomic E-state index is -0.191. The van der Waals surface area contributed by atoms with Crippen LogP contribution in [0.2, 0.25) is 0 Å². The van der Waals surface area contributed by atoms with E-state index in [0.29, 0.717) is 10.3 Å². The third-order valence-electron chi connectivity index (χ3n) is 1.72. The highest BCUT2D eigenvalue weighted by Gasteiger charge is 1.97. The summed E-state index contributed by atoms with van der Waals surface area (Å²) in [6, 6.07) is 4.67. The van der Waals surface area contributed by atoms with Gasteiger partial charge in [-0.3, -0.25) is 5.21 Å². The van der Waals surface area contributed by atoms with Crippen LogP contribution in [0.3, 0.4) is 0 Å². The zero-order chi connectivity index (χ0) is 9.42. The summed E-state index contributed by atoms with van der Waals surface area (Å²) in [5.41, 5.74) is 1.66. The van der Waals surface area contributed by atoms with Gasteiger partial charge in [-0.2, -0.15) is 0 Å². The molecule has 1 aromatic heterocycles. The summed E-state index contributed by atoms with van der Waals surface area (Å²) in [6.07, 6.45) is 0. The molecule has 0 saturated heterocycles. The van der Waals surface area contributed by atoms with Crippen LogP contribution in [0.4, 0.5) is 5.69 Å². The van der Waals surface area contributed by atoms with Crippen molar-refractivity contribution in [1.29, 1.82) is 0 Å². The van der Waals surface area contributed by atoms with E-state index in [9.17, 15) is 5.21 Å². The summed E-state index contributed by atoms with van der Waals surface area (Å²) >= 11 is 4.86. The second-order valence-corrected chi connectivity index (χ2v) is 2.99. The van der Waals surface area contributed by atoms with Gasteiger partial charge in [-0.1, -0.05) is 0 Å². The predicted octanol–water partition coefficient (Wildman–Crippen LogP) is 1.92. The molecule has 0 atom stereocenters. The van der Waals surface area contributed by atoms with Crippen molar-refractivity contribution in [3.63, 3.8) is 0 Å². The Morgan fingerprint density at radius 1 is 1.31 bits per heavy atom. The maximum absolute atomic E-state index is 10.5. The van der Waals surface area contributed by atoms with Crippen LogP contribution in [0.25, 0.3) is 11.0 Å². The molecule has 0 aliphatic heterocycles. The number of benzene rings is 1. The average molecular weight is 196 g/mol. The minimum Gasteiger partial charge on any atom is -0.733 e. The molecule has 0 bridgehead atoms. The summed E-state index contributed by atoms with van der Waals surface area (Å²) in [5, 5.41) is 18.9. The molecule has 0 amide bonds. The fraction of sp³-hybridized carbons (Fsp3) is 0. The number of nitrogens with one attached hydrogen (secondary N) is 2. The SMILES string of the molecule is [O-]N(O)c1ccc2[nH]c(=S)[nH]c2c1. The lowest BCUT2D eigenvalue weighted by atomic mass is 10.3. The molecule has 68 valence electrons. The molecule has 1 heterocycles. The minimum absolute atomic E-state index is 0.165. The number of hydrogen-bond acceptors (Lipinski definition) is 4. The van der Waals surface area contributed by atoms with Crippen molar-refractivity contribution >= 4 is 28.9 Å². The molecular weight excluding hydrogens is 190 g/mol. The van der Waals surface area contributed by atoms with Gasteiger partial charge in [-0.05, 0) is 30.4 Å². The number of hydrogen-bond donors (Lipinski definition) is 3. The number of imidazole rings is 1. The van der Waals surface area contributed by atoms with E-state index in [2.05, 4.69) is 9.97 Å². The molecule has 2 rings (SSSR count). The normalized spacial score (nSPS) is 10.6. The molecule has 0 radical (unpaired) electrons. The van der Waals surface area contributed by atoms with Crippen LogP contribution in [-0.2, 0) is 0 Å². The number of fused-ring (bicyclic) bond motifs is 1. The van der Waals surface area contributed by atoms with E-state index in [1.165, 1.54) is 12.1 Å². The van der Waals surface area contributed by atoms with Gasteiger partial charge < -0.3 is 20.4 Å². The van der Waals surface area contributed by atoms with Gasteiger partial charge in [-0.15, -0.1) is 0 Å². The van der Waals surface area contributed by atoms with Crippen molar-refractivity contribution in [3.8, 4) is 0 Å². The largest absolute Gasteiger partial charge is 0.733 e. The van der Waals surface area contributed by atoms with Crippen molar-refractivity contribution in [3.05, 3.63) is 28.2 Å². The molecule has 1 aromatic carbocycles. The molecule has 5 nitrogen and oxygen atoms in total. The summed E-state index contributed by atoms with van der Waals surface area (Å²) in [4.78, 5) is 5.72. The summed E-state index contributed by atoms with van der Waals surface area (Å²) in [6.45, 7) is 0. The fourth-order valence-corrected chi connectivity index (χ4v) is 1.36. The van der Waals surface area contributed by atoms with Crippen molar-refractivity contribution in [2.75, 3.05) is 5.23 Å². The maximum Gasteiger partial charge on any atom is 0.175 e. The van der Waals surface area contributed by atoms with Crippen molar-refractivity contribution in [2.24, 2.45) is 0 Å². The van der Waals surface area contributed by atoms with Gasteiger partial charge in [-0.25, -0.2) is 0 Å². The first-order valence-corrected chi connectivity index (χ1v) is 3.96. The Balaban J connectivity index is 2.68. The number of rotatable bonds is 1. The molecule has 13 heavy (non-hydrogen) atoms. The molecule has 3 N–H and O–H groups in total. The van der Waals surface area contributed by atoms with Crippen molar-refractivity contribution < 1.29 is 5.21 Å². The third kappa shape index (κ3) is 1.42. The highest BCUT2D eigenvalue weighted by molar-refractivity contribution is 7.71. The first-order valence-electron chi connectivity index (χ1n) is 3.55. The molecule has 0 saturated carbocycles. The summed E-state index contributed by atoms with van der Waals surface area (Å²) < 4.78 is 0.488. The molecule has 6 heteroatoms. The van der Waals surface area contributed by atoms with E-state index in [0.717, 1.165) is 5.52 Å². The van der Waals surface area contributed by atoms with Gasteiger partial charge in [0.25, 0.3) is 0 Å². The lowest BCUT2D eigenvalue weighted by molar-refractivity contribution is 0.296. The molecule has 0 fully saturated rings. The maximum atomic E-state index is 10.5. The van der Waals surface area contributed by atoms with E-state index in [1.807, 2.05) is 0 Å². The monoisotopic (exact) mass is 196 g/mol. The van der Waals surface area contributed by atoms with Crippen molar-refractivity contribution in [2.45, 2.75) is 0 Å². The smallest absolute Gasteiger partial charge is 0.175 e. The van der Waals surface area contributed by atoms with E-state index >= 15 is 0 Å². The van der Waals surface area contributed by atoms with Gasteiger partial charge in [0.1, 0.15) is 0 Å². The molecule has 0 spiro atoms. The first kappa shape index (κ1) is 8.24. The van der Waals surface area contributed by atoms with Gasteiger partial charge in [0, 0.05) is 0 Å². The Bertz CT molecular complexity index is 488. The molecule has 2 aromatic rings. The van der Waals surface area contributed by atoms with E-state index in [-0.39, 0.29) is 10.9 Å². The highest BCUT2D eigenvalue weighted by atomic mass is 32.1. The number of aromatic nitrogens is 2. The van der Waals surface area contributed by atoms with E-state index < -0.39 is 0 Å². The Kier molecular flexibility index (Phi) is 1.80. The Hall–Kier alpha value is -1.37. The number of H-pyrrole nitrogens is 2. The number of aromatic amines is 2. The van der Waals surface area contributed by atoms with Crippen LogP contribution >= 0.6 is 12.2 Å². The fourth-order valence-electron chi connectivity index (χ4n) is 1.14.